The summed E-state index contributed by atoms with van der Waals surface area (Å²) in [6.45, 7) is 1.95. The summed E-state index contributed by atoms with van der Waals surface area (Å²) in [7, 11) is -3.30. The molecule has 1 aromatic heterocycles. The molecule has 0 fully saturated rings. The van der Waals surface area contributed by atoms with Crippen LogP contribution in [-0.4, -0.2) is 19.2 Å². The minimum Gasteiger partial charge on any atom is -0.340 e. The average Bonchev–Trinajstić information content (AvgIpc) is 2.47. The second-order valence-corrected chi connectivity index (χ2v) is 7.12. The van der Waals surface area contributed by atoms with E-state index in [2.05, 4.69) is 15.0 Å². The van der Waals surface area contributed by atoms with E-state index in [1.807, 2.05) is 19.1 Å². The van der Waals surface area contributed by atoms with Crippen LogP contribution in [0.15, 0.2) is 42.6 Å². The molecule has 2 rings (SSSR count). The number of rotatable bonds is 7. The Morgan fingerprint density at radius 3 is 2.64 bits per heavy atom. The Hall–Kier alpha value is -1.79. The van der Waals surface area contributed by atoms with Gasteiger partial charge in [-0.25, -0.2) is 13.4 Å². The third-order valence-corrected chi connectivity index (χ3v) is 4.51. The molecule has 0 saturated heterocycles. The number of hydrogen-bond donors (Lipinski definition) is 2. The van der Waals surface area contributed by atoms with Crippen LogP contribution in [0.1, 0.15) is 19.8 Å². The Kier molecular flexibility index (Phi) is 5.63. The molecule has 1 aromatic carbocycles. The molecule has 0 bridgehead atoms. The zero-order valence-electron chi connectivity index (χ0n) is 12.2. The van der Waals surface area contributed by atoms with Gasteiger partial charge in [-0.2, -0.15) is 0 Å². The van der Waals surface area contributed by atoms with Crippen molar-refractivity contribution in [2.75, 3.05) is 15.8 Å². The molecule has 0 spiro atoms. The molecule has 0 amide bonds. The summed E-state index contributed by atoms with van der Waals surface area (Å²) in [6, 6.07) is 10.6. The molecule has 7 heteroatoms. The Morgan fingerprint density at radius 1 is 1.18 bits per heavy atom. The Morgan fingerprint density at radius 2 is 2.00 bits per heavy atom. The largest absolute Gasteiger partial charge is 0.340 e. The van der Waals surface area contributed by atoms with E-state index < -0.39 is 10.0 Å². The zero-order chi connectivity index (χ0) is 16.0. The monoisotopic (exact) mass is 339 g/mol. The topological polar surface area (TPSA) is 71.1 Å². The van der Waals surface area contributed by atoms with E-state index in [-0.39, 0.29) is 5.75 Å². The minimum atomic E-state index is -3.30. The van der Waals surface area contributed by atoms with Gasteiger partial charge < -0.3 is 5.32 Å². The van der Waals surface area contributed by atoms with Crippen LogP contribution in [0, 0.1) is 0 Å². The molecule has 2 aromatic rings. The number of benzene rings is 1. The summed E-state index contributed by atoms with van der Waals surface area (Å²) < 4.78 is 26.1. The van der Waals surface area contributed by atoms with Gasteiger partial charge in [-0.15, -0.1) is 0 Å². The van der Waals surface area contributed by atoms with Crippen LogP contribution in [0.4, 0.5) is 17.2 Å². The second kappa shape index (κ2) is 7.47. The molecule has 2 N–H and O–H groups in total. The van der Waals surface area contributed by atoms with E-state index in [4.69, 9.17) is 11.6 Å². The zero-order valence-corrected chi connectivity index (χ0v) is 13.8. The number of anilines is 3. The Labute approximate surface area is 135 Å². The number of aromatic nitrogens is 1. The van der Waals surface area contributed by atoms with Crippen molar-refractivity contribution in [2.24, 2.45) is 0 Å². The van der Waals surface area contributed by atoms with Gasteiger partial charge in [0.1, 0.15) is 5.82 Å². The molecule has 0 unspecified atom stereocenters. The van der Waals surface area contributed by atoms with E-state index in [0.717, 1.165) is 12.1 Å². The number of pyridine rings is 1. The predicted molar refractivity (Wildman–Crippen MR) is 91.3 cm³/mol. The van der Waals surface area contributed by atoms with Crippen LogP contribution in [0.5, 0.6) is 0 Å². The molecule has 0 radical (unpaired) electrons. The van der Waals surface area contributed by atoms with Gasteiger partial charge in [0.2, 0.25) is 10.0 Å². The SMILES string of the molecule is CCCCS(=O)(=O)Nc1ccc(Nc2cccc(Cl)c2)nc1. The predicted octanol–water partition coefficient (Wildman–Crippen LogP) is 4.02. The van der Waals surface area contributed by atoms with Gasteiger partial charge in [0.15, 0.2) is 0 Å². The van der Waals surface area contributed by atoms with Gasteiger partial charge in [0.25, 0.3) is 0 Å². The van der Waals surface area contributed by atoms with Crippen molar-refractivity contribution in [3.8, 4) is 0 Å². The summed E-state index contributed by atoms with van der Waals surface area (Å²) >= 11 is 5.91. The molecular formula is C15H18ClN3O2S. The fourth-order valence-corrected chi connectivity index (χ4v) is 3.25. The molecule has 0 aliphatic rings. The minimum absolute atomic E-state index is 0.117. The maximum Gasteiger partial charge on any atom is 0.232 e. The summed E-state index contributed by atoms with van der Waals surface area (Å²) in [6.07, 6.45) is 2.95. The van der Waals surface area contributed by atoms with E-state index in [9.17, 15) is 8.42 Å². The van der Waals surface area contributed by atoms with Gasteiger partial charge in [0.05, 0.1) is 17.6 Å². The van der Waals surface area contributed by atoms with Crippen molar-refractivity contribution in [3.63, 3.8) is 0 Å². The first-order valence-corrected chi connectivity index (χ1v) is 9.00. The standard InChI is InChI=1S/C15H18ClN3O2S/c1-2-3-9-22(20,21)19-14-7-8-15(17-11-14)18-13-6-4-5-12(16)10-13/h4-8,10-11,19H,2-3,9H2,1H3,(H,17,18). The van der Waals surface area contributed by atoms with Crippen LogP contribution >= 0.6 is 11.6 Å². The van der Waals surface area contributed by atoms with E-state index in [1.165, 1.54) is 6.20 Å². The lowest BCUT2D eigenvalue weighted by Crippen LogP contribution is -2.16. The number of sulfonamides is 1. The third kappa shape index (κ3) is 5.20. The van der Waals surface area contributed by atoms with E-state index in [1.54, 1.807) is 24.3 Å². The maximum atomic E-state index is 11.8. The quantitative estimate of drug-likeness (QED) is 0.799. The van der Waals surface area contributed by atoms with Gasteiger partial charge in [0, 0.05) is 10.7 Å². The van der Waals surface area contributed by atoms with Crippen LogP contribution < -0.4 is 10.0 Å². The number of nitrogens with zero attached hydrogens (tertiary/aromatic N) is 1. The lowest BCUT2D eigenvalue weighted by molar-refractivity contribution is 0.598. The van der Waals surface area contributed by atoms with Gasteiger partial charge in [-0.05, 0) is 36.8 Å². The van der Waals surface area contributed by atoms with Crippen molar-refractivity contribution in [2.45, 2.75) is 19.8 Å². The average molecular weight is 340 g/mol. The van der Waals surface area contributed by atoms with Crippen molar-refractivity contribution in [1.29, 1.82) is 0 Å². The first kappa shape index (κ1) is 16.6. The Balaban J connectivity index is 2.01. The highest BCUT2D eigenvalue weighted by Crippen LogP contribution is 2.20. The summed E-state index contributed by atoms with van der Waals surface area (Å²) in [5.74, 6) is 0.727. The van der Waals surface area contributed by atoms with Crippen molar-refractivity contribution in [1.82, 2.24) is 4.98 Å². The number of unbranched alkanes of at least 4 members (excludes halogenated alkanes) is 1. The van der Waals surface area contributed by atoms with Crippen molar-refractivity contribution < 1.29 is 8.42 Å². The van der Waals surface area contributed by atoms with E-state index >= 15 is 0 Å². The Bertz CT molecular complexity index is 718. The fourth-order valence-electron chi connectivity index (χ4n) is 1.81. The highest BCUT2D eigenvalue weighted by atomic mass is 35.5. The van der Waals surface area contributed by atoms with Crippen LogP contribution in [0.3, 0.4) is 0 Å². The molecule has 118 valence electrons. The summed E-state index contributed by atoms with van der Waals surface area (Å²) in [5, 5.41) is 3.73. The van der Waals surface area contributed by atoms with Crippen molar-refractivity contribution >= 4 is 38.8 Å². The lowest BCUT2D eigenvalue weighted by atomic mass is 10.3. The molecular weight excluding hydrogens is 322 g/mol. The maximum absolute atomic E-state index is 11.8. The van der Waals surface area contributed by atoms with E-state index in [0.29, 0.717) is 22.9 Å². The molecule has 0 atom stereocenters. The number of hydrogen-bond acceptors (Lipinski definition) is 4. The molecule has 0 aliphatic carbocycles. The highest BCUT2D eigenvalue weighted by Gasteiger charge is 2.09. The first-order valence-electron chi connectivity index (χ1n) is 6.97. The lowest BCUT2D eigenvalue weighted by Gasteiger charge is -2.09. The van der Waals surface area contributed by atoms with Crippen molar-refractivity contribution in [3.05, 3.63) is 47.6 Å². The van der Waals surface area contributed by atoms with Crippen LogP contribution in [0.25, 0.3) is 0 Å². The summed E-state index contributed by atoms with van der Waals surface area (Å²) in [4.78, 5) is 4.19. The van der Waals surface area contributed by atoms with Gasteiger partial charge >= 0.3 is 0 Å². The third-order valence-electron chi connectivity index (χ3n) is 2.90. The smallest absolute Gasteiger partial charge is 0.232 e. The molecule has 5 nitrogen and oxygen atoms in total. The highest BCUT2D eigenvalue weighted by molar-refractivity contribution is 7.92. The number of nitrogens with one attached hydrogen (secondary N) is 2. The molecule has 0 saturated carbocycles. The number of halogens is 1. The summed E-state index contributed by atoms with van der Waals surface area (Å²) in [5.41, 5.74) is 1.27. The molecule has 0 aliphatic heterocycles. The second-order valence-electron chi connectivity index (χ2n) is 4.84. The fraction of sp³-hybridized carbons (Fsp3) is 0.267. The van der Waals surface area contributed by atoms with Crippen LogP contribution in [-0.2, 0) is 10.0 Å². The molecule has 1 heterocycles. The van der Waals surface area contributed by atoms with Crippen LogP contribution in [0.2, 0.25) is 5.02 Å². The van der Waals surface area contributed by atoms with Gasteiger partial charge in [-0.3, -0.25) is 4.72 Å². The van der Waals surface area contributed by atoms with Gasteiger partial charge in [-0.1, -0.05) is 31.0 Å². The molecule has 22 heavy (non-hydrogen) atoms. The first-order chi connectivity index (χ1) is 10.5. The normalized spacial score (nSPS) is 11.2.